The molecule has 0 heterocycles. The maximum atomic E-state index is 11.2. The van der Waals surface area contributed by atoms with Crippen LogP contribution in [0.4, 0.5) is 0 Å². The van der Waals surface area contributed by atoms with Gasteiger partial charge in [-0.2, -0.15) is 0 Å². The summed E-state index contributed by atoms with van der Waals surface area (Å²) in [6.07, 6.45) is 2.18. The monoisotopic (exact) mass is 324 g/mol. The minimum absolute atomic E-state index is 0.0645. The fourth-order valence-electron chi connectivity index (χ4n) is 3.40. The normalized spacial score (nSPS) is 18.0. The quantitative estimate of drug-likeness (QED) is 0.760. The molecule has 0 fully saturated rings. The van der Waals surface area contributed by atoms with Gasteiger partial charge in [0.25, 0.3) is 0 Å². The van der Waals surface area contributed by atoms with Crippen molar-refractivity contribution in [3.8, 4) is 5.75 Å². The third-order valence-corrected chi connectivity index (χ3v) is 4.72. The molecule has 1 atom stereocenters. The molecule has 0 amide bonds. The number of hydrogen-bond donors (Lipinski definition) is 0. The highest BCUT2D eigenvalue weighted by atomic mass is 16.5. The van der Waals surface area contributed by atoms with Crippen LogP contribution < -0.4 is 4.74 Å². The van der Waals surface area contributed by atoms with Crippen molar-refractivity contribution in [1.29, 1.82) is 0 Å². The van der Waals surface area contributed by atoms with Crippen LogP contribution in [0.15, 0.2) is 48.5 Å². The molecule has 0 aromatic heterocycles. The van der Waals surface area contributed by atoms with Gasteiger partial charge in [-0.3, -0.25) is 4.79 Å². The van der Waals surface area contributed by atoms with E-state index in [2.05, 4.69) is 42.8 Å². The minimum atomic E-state index is -0.181. The first kappa shape index (κ1) is 16.6. The van der Waals surface area contributed by atoms with E-state index in [4.69, 9.17) is 4.74 Å². The molecule has 1 aliphatic carbocycles. The van der Waals surface area contributed by atoms with E-state index in [9.17, 15) is 4.79 Å². The van der Waals surface area contributed by atoms with Crippen LogP contribution in [0.2, 0.25) is 0 Å². The van der Waals surface area contributed by atoms with Crippen molar-refractivity contribution in [2.45, 2.75) is 39.2 Å². The van der Waals surface area contributed by atoms with Gasteiger partial charge in [0.15, 0.2) is 0 Å². The first-order valence-electron chi connectivity index (χ1n) is 8.40. The average molecular weight is 324 g/mol. The number of methoxy groups -OCH3 is 1. The Balaban J connectivity index is 1.71. The van der Waals surface area contributed by atoms with E-state index in [1.807, 2.05) is 24.3 Å². The number of esters is 1. The molecule has 24 heavy (non-hydrogen) atoms. The largest absolute Gasteiger partial charge is 0.485 e. The Morgan fingerprint density at radius 2 is 1.83 bits per heavy atom. The first-order chi connectivity index (χ1) is 11.5. The predicted molar refractivity (Wildman–Crippen MR) is 94.1 cm³/mol. The number of fused-ring (bicyclic) bond motifs is 1. The molecule has 1 unspecified atom stereocenters. The summed E-state index contributed by atoms with van der Waals surface area (Å²) in [7, 11) is 1.42. The second-order valence-electron chi connectivity index (χ2n) is 7.08. The van der Waals surface area contributed by atoms with Gasteiger partial charge in [-0.15, -0.1) is 0 Å². The topological polar surface area (TPSA) is 35.5 Å². The minimum Gasteiger partial charge on any atom is -0.485 e. The average Bonchev–Trinajstić information content (AvgIpc) is 2.84. The van der Waals surface area contributed by atoms with Gasteiger partial charge in [-0.1, -0.05) is 50.2 Å². The molecule has 0 radical (unpaired) electrons. The molecule has 0 saturated heterocycles. The summed E-state index contributed by atoms with van der Waals surface area (Å²) in [6, 6.07) is 16.5. The van der Waals surface area contributed by atoms with E-state index in [1.165, 1.54) is 18.2 Å². The van der Waals surface area contributed by atoms with Crippen LogP contribution in [0.25, 0.3) is 0 Å². The smallest absolute Gasteiger partial charge is 0.305 e. The summed E-state index contributed by atoms with van der Waals surface area (Å²) < 4.78 is 11.0. The van der Waals surface area contributed by atoms with Gasteiger partial charge in [0.1, 0.15) is 11.9 Å². The molecule has 3 heteroatoms. The summed E-state index contributed by atoms with van der Waals surface area (Å²) in [5, 5.41) is 0. The van der Waals surface area contributed by atoms with Gasteiger partial charge in [-0.25, -0.2) is 0 Å². The summed E-state index contributed by atoms with van der Waals surface area (Å²) in [6.45, 7) is 4.50. The lowest BCUT2D eigenvalue weighted by Crippen LogP contribution is -2.22. The Morgan fingerprint density at radius 1 is 1.12 bits per heavy atom. The van der Waals surface area contributed by atoms with Crippen molar-refractivity contribution in [3.63, 3.8) is 0 Å². The van der Waals surface area contributed by atoms with Crippen molar-refractivity contribution in [2.75, 3.05) is 7.11 Å². The molecular formula is C21H24O3. The molecule has 0 aliphatic heterocycles. The van der Waals surface area contributed by atoms with Crippen LogP contribution in [0, 0.1) is 5.41 Å². The molecule has 0 saturated carbocycles. The zero-order valence-corrected chi connectivity index (χ0v) is 14.5. The van der Waals surface area contributed by atoms with Gasteiger partial charge in [0.05, 0.1) is 7.11 Å². The van der Waals surface area contributed by atoms with Gasteiger partial charge in [0, 0.05) is 11.8 Å². The highest BCUT2D eigenvalue weighted by molar-refractivity contribution is 5.69. The fourth-order valence-corrected chi connectivity index (χ4v) is 3.40. The maximum absolute atomic E-state index is 11.2. The number of carbonyl (C=O) groups excluding carboxylic acids is 1. The van der Waals surface area contributed by atoms with Crippen molar-refractivity contribution >= 4 is 5.97 Å². The van der Waals surface area contributed by atoms with Gasteiger partial charge >= 0.3 is 5.97 Å². The Bertz CT molecular complexity index is 716. The zero-order chi connectivity index (χ0) is 17.2. The lowest BCUT2D eigenvalue weighted by molar-refractivity contribution is -0.140. The van der Waals surface area contributed by atoms with Crippen LogP contribution in [-0.2, 0) is 22.4 Å². The van der Waals surface area contributed by atoms with Gasteiger partial charge < -0.3 is 9.47 Å². The summed E-state index contributed by atoms with van der Waals surface area (Å²) >= 11 is 0. The van der Waals surface area contributed by atoms with Crippen LogP contribution in [0.5, 0.6) is 5.75 Å². The SMILES string of the molecule is COC(=O)CCc1ccc(OC2c3ccccc3CC2(C)C)cc1. The van der Waals surface area contributed by atoms with E-state index in [0.29, 0.717) is 12.8 Å². The summed E-state index contributed by atoms with van der Waals surface area (Å²) in [5.74, 6) is 0.686. The molecule has 2 aromatic carbocycles. The fraction of sp³-hybridized carbons (Fsp3) is 0.381. The Hall–Kier alpha value is -2.29. The van der Waals surface area contributed by atoms with E-state index in [0.717, 1.165) is 17.7 Å². The Kier molecular flexibility index (Phi) is 4.61. The number of hydrogen-bond acceptors (Lipinski definition) is 3. The number of benzene rings is 2. The van der Waals surface area contributed by atoms with Crippen molar-refractivity contribution in [2.24, 2.45) is 5.41 Å². The lowest BCUT2D eigenvalue weighted by Gasteiger charge is -2.28. The van der Waals surface area contributed by atoms with Crippen molar-refractivity contribution < 1.29 is 14.3 Å². The van der Waals surface area contributed by atoms with Crippen molar-refractivity contribution in [1.82, 2.24) is 0 Å². The van der Waals surface area contributed by atoms with Crippen molar-refractivity contribution in [3.05, 3.63) is 65.2 Å². The van der Waals surface area contributed by atoms with Gasteiger partial charge in [-0.05, 0) is 41.7 Å². The van der Waals surface area contributed by atoms with Crippen LogP contribution in [0.1, 0.15) is 43.1 Å². The Labute approximate surface area is 143 Å². The highest BCUT2D eigenvalue weighted by Gasteiger charge is 2.40. The predicted octanol–water partition coefficient (Wildman–Crippen LogP) is 4.49. The van der Waals surface area contributed by atoms with Gasteiger partial charge in [0.2, 0.25) is 0 Å². The molecule has 0 spiro atoms. The molecule has 3 rings (SSSR count). The van der Waals surface area contributed by atoms with E-state index in [-0.39, 0.29) is 17.5 Å². The molecular weight excluding hydrogens is 300 g/mol. The molecule has 0 bridgehead atoms. The van der Waals surface area contributed by atoms with Crippen LogP contribution >= 0.6 is 0 Å². The molecule has 0 N–H and O–H groups in total. The second kappa shape index (κ2) is 6.68. The second-order valence-corrected chi connectivity index (χ2v) is 7.08. The number of aryl methyl sites for hydroxylation is 1. The zero-order valence-electron chi connectivity index (χ0n) is 14.5. The lowest BCUT2D eigenvalue weighted by atomic mass is 9.87. The first-order valence-corrected chi connectivity index (χ1v) is 8.40. The number of carbonyl (C=O) groups is 1. The molecule has 126 valence electrons. The third kappa shape index (κ3) is 3.45. The Morgan fingerprint density at radius 3 is 2.54 bits per heavy atom. The highest BCUT2D eigenvalue weighted by Crippen LogP contribution is 2.47. The van der Waals surface area contributed by atoms with Crippen LogP contribution in [0.3, 0.4) is 0 Å². The summed E-state index contributed by atoms with van der Waals surface area (Å²) in [4.78, 5) is 11.2. The standard InChI is InChI=1S/C21H24O3/c1-21(2)14-16-6-4-5-7-18(16)20(21)24-17-11-8-15(9-12-17)10-13-19(22)23-3/h4-9,11-12,20H,10,13-14H2,1-3H3. The maximum Gasteiger partial charge on any atom is 0.305 e. The summed E-state index contributed by atoms with van der Waals surface area (Å²) in [5.41, 5.74) is 3.85. The molecule has 1 aliphatic rings. The number of rotatable bonds is 5. The van der Waals surface area contributed by atoms with E-state index in [1.54, 1.807) is 0 Å². The molecule has 3 nitrogen and oxygen atoms in total. The third-order valence-electron chi connectivity index (χ3n) is 4.72. The molecule has 2 aromatic rings. The van der Waals surface area contributed by atoms with E-state index >= 15 is 0 Å². The number of ether oxygens (including phenoxy) is 2. The van der Waals surface area contributed by atoms with Crippen LogP contribution in [-0.4, -0.2) is 13.1 Å². The van der Waals surface area contributed by atoms with E-state index < -0.39 is 0 Å².